The van der Waals surface area contributed by atoms with Crippen molar-refractivity contribution >= 4 is 11.0 Å². The minimum absolute atomic E-state index is 0.179. The first kappa shape index (κ1) is 9.21. The van der Waals surface area contributed by atoms with Gasteiger partial charge in [-0.05, 0) is 17.7 Å². The lowest BCUT2D eigenvalue weighted by Gasteiger charge is -2.07. The maximum atomic E-state index is 9.04. The van der Waals surface area contributed by atoms with Crippen molar-refractivity contribution in [3.8, 4) is 0 Å². The summed E-state index contributed by atoms with van der Waals surface area (Å²) in [7, 11) is 1.98. The van der Waals surface area contributed by atoms with Crippen LogP contribution < -0.4 is 0 Å². The van der Waals surface area contributed by atoms with Gasteiger partial charge in [0.2, 0.25) is 0 Å². The summed E-state index contributed by atoms with van der Waals surface area (Å²) in [6.07, 6.45) is 1.80. The molecule has 0 saturated heterocycles. The molecule has 1 aromatic heterocycles. The number of benzene rings is 1. The maximum absolute atomic E-state index is 9.04. The van der Waals surface area contributed by atoms with Gasteiger partial charge in [0, 0.05) is 19.6 Å². The van der Waals surface area contributed by atoms with Gasteiger partial charge in [0.1, 0.15) is 0 Å². The van der Waals surface area contributed by atoms with E-state index in [4.69, 9.17) is 5.11 Å². The Morgan fingerprint density at radius 1 is 1.50 bits per heavy atom. The molecule has 0 radical (unpaired) electrons. The molecule has 14 heavy (non-hydrogen) atoms. The zero-order valence-electron chi connectivity index (χ0n) is 8.44. The van der Waals surface area contributed by atoms with Gasteiger partial charge in [-0.15, -0.1) is 0 Å². The number of imidazole rings is 1. The molecule has 1 heterocycles. The molecule has 0 spiro atoms. The van der Waals surface area contributed by atoms with Crippen molar-refractivity contribution in [3.63, 3.8) is 0 Å². The number of fused-ring (bicyclic) bond motifs is 1. The van der Waals surface area contributed by atoms with Crippen LogP contribution >= 0.6 is 0 Å². The number of aromatic nitrogens is 2. The highest BCUT2D eigenvalue weighted by atomic mass is 16.3. The molecular weight excluding hydrogens is 176 g/mol. The monoisotopic (exact) mass is 190 g/mol. The molecule has 0 aliphatic heterocycles. The minimum Gasteiger partial charge on any atom is -0.396 e. The number of rotatable bonds is 2. The first-order valence-electron chi connectivity index (χ1n) is 4.74. The van der Waals surface area contributed by atoms with Crippen LogP contribution in [-0.2, 0) is 7.05 Å². The molecule has 1 aromatic carbocycles. The molecule has 1 unspecified atom stereocenters. The van der Waals surface area contributed by atoms with Gasteiger partial charge in [-0.3, -0.25) is 0 Å². The van der Waals surface area contributed by atoms with Crippen molar-refractivity contribution in [2.75, 3.05) is 6.61 Å². The third kappa shape index (κ3) is 1.40. The highest BCUT2D eigenvalue weighted by Gasteiger charge is 2.06. The van der Waals surface area contributed by atoms with Crippen molar-refractivity contribution in [1.82, 2.24) is 9.55 Å². The van der Waals surface area contributed by atoms with Gasteiger partial charge in [-0.2, -0.15) is 0 Å². The molecule has 1 atom stereocenters. The summed E-state index contributed by atoms with van der Waals surface area (Å²) in [4.78, 5) is 4.28. The molecule has 74 valence electrons. The number of aliphatic hydroxyl groups excluding tert-OH is 1. The lowest BCUT2D eigenvalue weighted by Crippen LogP contribution is -1.98. The molecule has 0 fully saturated rings. The number of aryl methyl sites for hydroxylation is 1. The highest BCUT2D eigenvalue weighted by molar-refractivity contribution is 5.76. The van der Waals surface area contributed by atoms with E-state index >= 15 is 0 Å². The Morgan fingerprint density at radius 2 is 2.29 bits per heavy atom. The van der Waals surface area contributed by atoms with Crippen LogP contribution in [0.4, 0.5) is 0 Å². The SMILES string of the molecule is CC(CO)c1ccc2c(c1)ncn2C. The predicted molar refractivity (Wildman–Crippen MR) is 56.2 cm³/mol. The molecule has 0 aliphatic rings. The summed E-state index contributed by atoms with van der Waals surface area (Å²) in [5.41, 5.74) is 3.25. The van der Waals surface area contributed by atoms with E-state index in [1.807, 2.05) is 36.7 Å². The van der Waals surface area contributed by atoms with E-state index < -0.39 is 0 Å². The van der Waals surface area contributed by atoms with E-state index in [9.17, 15) is 0 Å². The highest BCUT2D eigenvalue weighted by Crippen LogP contribution is 2.19. The van der Waals surface area contributed by atoms with E-state index in [-0.39, 0.29) is 12.5 Å². The lowest BCUT2D eigenvalue weighted by atomic mass is 10.0. The average Bonchev–Trinajstić information content (AvgIpc) is 2.59. The van der Waals surface area contributed by atoms with Gasteiger partial charge in [-0.1, -0.05) is 13.0 Å². The molecular formula is C11H14N2O. The molecule has 2 aromatic rings. The van der Waals surface area contributed by atoms with E-state index in [2.05, 4.69) is 4.98 Å². The van der Waals surface area contributed by atoms with Gasteiger partial charge >= 0.3 is 0 Å². The second kappa shape index (κ2) is 3.42. The van der Waals surface area contributed by atoms with Crippen LogP contribution in [0.3, 0.4) is 0 Å². The zero-order valence-corrected chi connectivity index (χ0v) is 8.44. The Kier molecular flexibility index (Phi) is 2.25. The van der Waals surface area contributed by atoms with Gasteiger partial charge in [0.05, 0.1) is 17.4 Å². The molecule has 0 amide bonds. The van der Waals surface area contributed by atoms with E-state index in [0.29, 0.717) is 0 Å². The fourth-order valence-electron chi connectivity index (χ4n) is 1.57. The minimum atomic E-state index is 0.179. The van der Waals surface area contributed by atoms with Crippen LogP contribution in [0.5, 0.6) is 0 Å². The molecule has 0 saturated carbocycles. The second-order valence-corrected chi connectivity index (χ2v) is 3.69. The summed E-state index contributed by atoms with van der Waals surface area (Å²) >= 11 is 0. The van der Waals surface area contributed by atoms with Crippen molar-refractivity contribution in [2.45, 2.75) is 12.8 Å². The number of aliphatic hydroxyl groups is 1. The van der Waals surface area contributed by atoms with Gasteiger partial charge < -0.3 is 9.67 Å². The number of hydrogen-bond acceptors (Lipinski definition) is 2. The predicted octanol–water partition coefficient (Wildman–Crippen LogP) is 1.67. The van der Waals surface area contributed by atoms with Crippen LogP contribution in [0.2, 0.25) is 0 Å². The van der Waals surface area contributed by atoms with Crippen LogP contribution in [-0.4, -0.2) is 21.3 Å². The topological polar surface area (TPSA) is 38.1 Å². The molecule has 3 nitrogen and oxygen atoms in total. The maximum Gasteiger partial charge on any atom is 0.0955 e. The molecule has 0 aliphatic carbocycles. The van der Waals surface area contributed by atoms with Gasteiger partial charge in [-0.25, -0.2) is 4.98 Å². The van der Waals surface area contributed by atoms with E-state index in [1.54, 1.807) is 6.33 Å². The third-order valence-corrected chi connectivity index (χ3v) is 2.59. The normalized spacial score (nSPS) is 13.4. The molecule has 2 rings (SSSR count). The van der Waals surface area contributed by atoms with Crippen molar-refractivity contribution < 1.29 is 5.11 Å². The van der Waals surface area contributed by atoms with Crippen molar-refractivity contribution in [2.24, 2.45) is 7.05 Å². The van der Waals surface area contributed by atoms with Crippen LogP contribution in [0.15, 0.2) is 24.5 Å². The van der Waals surface area contributed by atoms with E-state index in [0.717, 1.165) is 16.6 Å². The Bertz CT molecular complexity index is 447. The fourth-order valence-corrected chi connectivity index (χ4v) is 1.57. The van der Waals surface area contributed by atoms with Crippen LogP contribution in [0, 0.1) is 0 Å². The summed E-state index contributed by atoms with van der Waals surface area (Å²) in [5.74, 6) is 0.182. The Morgan fingerprint density at radius 3 is 3.00 bits per heavy atom. The van der Waals surface area contributed by atoms with E-state index in [1.165, 1.54) is 0 Å². The van der Waals surface area contributed by atoms with Crippen molar-refractivity contribution in [3.05, 3.63) is 30.1 Å². The quantitative estimate of drug-likeness (QED) is 0.782. The van der Waals surface area contributed by atoms with Crippen LogP contribution in [0.1, 0.15) is 18.4 Å². The Balaban J connectivity index is 2.52. The van der Waals surface area contributed by atoms with Gasteiger partial charge in [0.25, 0.3) is 0 Å². The summed E-state index contributed by atoms with van der Waals surface area (Å²) in [5, 5.41) is 9.04. The first-order valence-corrected chi connectivity index (χ1v) is 4.74. The Labute approximate surface area is 83.0 Å². The fraction of sp³-hybridized carbons (Fsp3) is 0.364. The lowest BCUT2D eigenvalue weighted by molar-refractivity contribution is 0.273. The standard InChI is InChI=1S/C11H14N2O/c1-8(6-14)9-3-4-11-10(5-9)12-7-13(11)2/h3-5,7-8,14H,6H2,1-2H3. The zero-order chi connectivity index (χ0) is 10.1. The molecule has 1 N–H and O–H groups in total. The first-order chi connectivity index (χ1) is 6.72. The summed E-state index contributed by atoms with van der Waals surface area (Å²) < 4.78 is 1.99. The third-order valence-electron chi connectivity index (χ3n) is 2.59. The summed E-state index contributed by atoms with van der Waals surface area (Å²) in [6.45, 7) is 2.18. The summed E-state index contributed by atoms with van der Waals surface area (Å²) in [6, 6.07) is 6.13. The number of hydrogen-bond donors (Lipinski definition) is 1. The molecule has 0 bridgehead atoms. The van der Waals surface area contributed by atoms with Crippen LogP contribution in [0.25, 0.3) is 11.0 Å². The smallest absolute Gasteiger partial charge is 0.0955 e. The number of nitrogens with zero attached hydrogens (tertiary/aromatic N) is 2. The molecule has 3 heteroatoms. The Hall–Kier alpha value is -1.35. The van der Waals surface area contributed by atoms with Gasteiger partial charge in [0.15, 0.2) is 0 Å². The second-order valence-electron chi connectivity index (χ2n) is 3.69. The largest absolute Gasteiger partial charge is 0.396 e. The van der Waals surface area contributed by atoms with Crippen molar-refractivity contribution in [1.29, 1.82) is 0 Å². The average molecular weight is 190 g/mol.